The van der Waals surface area contributed by atoms with E-state index in [1.54, 1.807) is 0 Å². The van der Waals surface area contributed by atoms with E-state index in [0.717, 1.165) is 36.8 Å². The summed E-state index contributed by atoms with van der Waals surface area (Å²) in [7, 11) is 0. The van der Waals surface area contributed by atoms with Crippen LogP contribution in [-0.2, 0) is 6.54 Å². The van der Waals surface area contributed by atoms with Crippen molar-refractivity contribution in [2.75, 3.05) is 6.54 Å². The summed E-state index contributed by atoms with van der Waals surface area (Å²) in [6.45, 7) is 3.40. The maximum atomic E-state index is 10.5. The Morgan fingerprint density at radius 2 is 2.05 bits per heavy atom. The molecule has 1 aliphatic carbocycles. The standard InChI is InChI=1S/C16H25N3O2/c1-12-6-8-16(20,9-7-12)11-18-10-13-4-2-3-5-14(13)15(17)19-21/h2-5,12,18,20-21H,6-11H2,1H3,(H2,17,19). The zero-order chi connectivity index (χ0) is 15.3. The van der Waals surface area contributed by atoms with Gasteiger partial charge in [0.1, 0.15) is 0 Å². The fourth-order valence-electron chi connectivity index (χ4n) is 2.88. The Morgan fingerprint density at radius 1 is 1.38 bits per heavy atom. The molecule has 0 aliphatic heterocycles. The zero-order valence-electron chi connectivity index (χ0n) is 12.5. The molecule has 116 valence electrons. The summed E-state index contributed by atoms with van der Waals surface area (Å²) in [6.07, 6.45) is 3.86. The highest BCUT2D eigenvalue weighted by Gasteiger charge is 2.31. The number of nitrogens with one attached hydrogen (secondary N) is 1. The minimum absolute atomic E-state index is 0.109. The SMILES string of the molecule is CC1CCC(O)(CNCc2ccccc2C(N)=NO)CC1. The number of nitrogens with two attached hydrogens (primary N) is 1. The molecule has 1 aromatic carbocycles. The molecule has 0 spiro atoms. The predicted octanol–water partition coefficient (Wildman–Crippen LogP) is 1.81. The highest BCUT2D eigenvalue weighted by Crippen LogP contribution is 2.31. The van der Waals surface area contributed by atoms with Gasteiger partial charge in [-0.1, -0.05) is 36.3 Å². The first-order valence-corrected chi connectivity index (χ1v) is 7.53. The van der Waals surface area contributed by atoms with Crippen LogP contribution in [0.15, 0.2) is 29.4 Å². The van der Waals surface area contributed by atoms with Gasteiger partial charge >= 0.3 is 0 Å². The van der Waals surface area contributed by atoms with E-state index in [4.69, 9.17) is 10.9 Å². The van der Waals surface area contributed by atoms with Crippen LogP contribution in [-0.4, -0.2) is 28.3 Å². The normalized spacial score (nSPS) is 26.8. The van der Waals surface area contributed by atoms with Crippen LogP contribution >= 0.6 is 0 Å². The summed E-state index contributed by atoms with van der Waals surface area (Å²) >= 11 is 0. The fourth-order valence-corrected chi connectivity index (χ4v) is 2.88. The van der Waals surface area contributed by atoms with Gasteiger partial charge in [0.05, 0.1) is 5.60 Å². The van der Waals surface area contributed by atoms with Gasteiger partial charge in [-0.3, -0.25) is 0 Å². The third-order valence-corrected chi connectivity index (χ3v) is 4.38. The van der Waals surface area contributed by atoms with Crippen LogP contribution in [0.1, 0.15) is 43.7 Å². The van der Waals surface area contributed by atoms with Crippen molar-refractivity contribution in [1.29, 1.82) is 0 Å². The average Bonchev–Trinajstić information content (AvgIpc) is 2.50. The van der Waals surface area contributed by atoms with Gasteiger partial charge in [0, 0.05) is 18.7 Å². The lowest BCUT2D eigenvalue weighted by Crippen LogP contribution is -2.43. The molecule has 0 radical (unpaired) electrons. The second-order valence-electron chi connectivity index (χ2n) is 6.15. The van der Waals surface area contributed by atoms with E-state index in [2.05, 4.69) is 17.4 Å². The average molecular weight is 291 g/mol. The highest BCUT2D eigenvalue weighted by molar-refractivity contribution is 5.98. The molecule has 0 heterocycles. The van der Waals surface area contributed by atoms with E-state index in [9.17, 15) is 5.11 Å². The van der Waals surface area contributed by atoms with Gasteiger partial charge in [0.15, 0.2) is 5.84 Å². The second-order valence-corrected chi connectivity index (χ2v) is 6.15. The Kier molecular flexibility index (Phi) is 5.20. The van der Waals surface area contributed by atoms with Crippen molar-refractivity contribution in [3.63, 3.8) is 0 Å². The molecule has 0 saturated heterocycles. The van der Waals surface area contributed by atoms with Crippen molar-refractivity contribution in [2.45, 2.75) is 44.8 Å². The topological polar surface area (TPSA) is 90.9 Å². The first-order chi connectivity index (χ1) is 10.0. The summed E-state index contributed by atoms with van der Waals surface area (Å²) in [4.78, 5) is 0. The number of rotatable bonds is 5. The van der Waals surface area contributed by atoms with Gasteiger partial charge in [0.25, 0.3) is 0 Å². The number of oxime groups is 1. The van der Waals surface area contributed by atoms with E-state index >= 15 is 0 Å². The molecular weight excluding hydrogens is 266 g/mol. The van der Waals surface area contributed by atoms with Gasteiger partial charge < -0.3 is 21.4 Å². The van der Waals surface area contributed by atoms with E-state index < -0.39 is 5.60 Å². The summed E-state index contributed by atoms with van der Waals surface area (Å²) in [5, 5.41) is 25.7. The van der Waals surface area contributed by atoms with Crippen molar-refractivity contribution >= 4 is 5.84 Å². The minimum atomic E-state index is -0.599. The Balaban J connectivity index is 1.92. The van der Waals surface area contributed by atoms with E-state index in [1.807, 2.05) is 24.3 Å². The van der Waals surface area contributed by atoms with Crippen molar-refractivity contribution < 1.29 is 10.3 Å². The van der Waals surface area contributed by atoms with Crippen LogP contribution in [0.2, 0.25) is 0 Å². The molecule has 0 atom stereocenters. The summed E-state index contributed by atoms with van der Waals surface area (Å²) in [6, 6.07) is 7.53. The maximum Gasteiger partial charge on any atom is 0.170 e. The third-order valence-electron chi connectivity index (χ3n) is 4.38. The highest BCUT2D eigenvalue weighted by atomic mass is 16.4. The van der Waals surface area contributed by atoms with Gasteiger partial charge in [-0.2, -0.15) is 0 Å². The van der Waals surface area contributed by atoms with Crippen LogP contribution in [0, 0.1) is 5.92 Å². The van der Waals surface area contributed by atoms with E-state index in [1.165, 1.54) is 0 Å². The molecule has 0 bridgehead atoms. The molecule has 5 N–H and O–H groups in total. The lowest BCUT2D eigenvalue weighted by atomic mass is 9.79. The van der Waals surface area contributed by atoms with Crippen LogP contribution in [0.3, 0.4) is 0 Å². The first kappa shape index (κ1) is 15.8. The molecule has 1 aliphatic rings. The molecule has 0 amide bonds. The van der Waals surface area contributed by atoms with Crippen molar-refractivity contribution in [2.24, 2.45) is 16.8 Å². The minimum Gasteiger partial charge on any atom is -0.409 e. The lowest BCUT2D eigenvalue weighted by molar-refractivity contribution is -0.00630. The maximum absolute atomic E-state index is 10.5. The van der Waals surface area contributed by atoms with E-state index in [0.29, 0.717) is 19.0 Å². The molecule has 1 aromatic rings. The second kappa shape index (κ2) is 6.91. The monoisotopic (exact) mass is 291 g/mol. The van der Waals surface area contributed by atoms with Gasteiger partial charge in [0.2, 0.25) is 0 Å². The smallest absolute Gasteiger partial charge is 0.170 e. The van der Waals surface area contributed by atoms with Gasteiger partial charge in [-0.15, -0.1) is 0 Å². The molecule has 21 heavy (non-hydrogen) atoms. The van der Waals surface area contributed by atoms with Crippen LogP contribution < -0.4 is 11.1 Å². The number of nitrogens with zero attached hydrogens (tertiary/aromatic N) is 1. The first-order valence-electron chi connectivity index (χ1n) is 7.53. The Hall–Kier alpha value is -1.59. The molecule has 1 fully saturated rings. The Morgan fingerprint density at radius 3 is 2.71 bits per heavy atom. The molecule has 1 saturated carbocycles. The van der Waals surface area contributed by atoms with Gasteiger partial charge in [-0.25, -0.2) is 0 Å². The number of benzene rings is 1. The van der Waals surface area contributed by atoms with Crippen LogP contribution in [0.25, 0.3) is 0 Å². The van der Waals surface area contributed by atoms with Crippen LogP contribution in [0.4, 0.5) is 0 Å². The van der Waals surface area contributed by atoms with Crippen molar-refractivity contribution in [3.05, 3.63) is 35.4 Å². The summed E-state index contributed by atoms with van der Waals surface area (Å²) in [5.74, 6) is 0.823. The van der Waals surface area contributed by atoms with Crippen molar-refractivity contribution in [1.82, 2.24) is 5.32 Å². The van der Waals surface area contributed by atoms with Crippen LogP contribution in [0.5, 0.6) is 0 Å². The Labute approximate surface area is 125 Å². The quantitative estimate of drug-likeness (QED) is 0.288. The third kappa shape index (κ3) is 4.19. The number of hydrogen-bond acceptors (Lipinski definition) is 4. The summed E-state index contributed by atoms with van der Waals surface area (Å²) in [5.41, 5.74) is 6.75. The molecular formula is C16H25N3O2. The summed E-state index contributed by atoms with van der Waals surface area (Å²) < 4.78 is 0. The number of aliphatic hydroxyl groups is 1. The molecule has 2 rings (SSSR count). The number of amidine groups is 1. The zero-order valence-corrected chi connectivity index (χ0v) is 12.5. The lowest BCUT2D eigenvalue weighted by Gasteiger charge is -2.35. The predicted molar refractivity (Wildman–Crippen MR) is 83.2 cm³/mol. The van der Waals surface area contributed by atoms with E-state index in [-0.39, 0.29) is 5.84 Å². The van der Waals surface area contributed by atoms with Gasteiger partial charge in [-0.05, 0) is 37.2 Å². The molecule has 5 nitrogen and oxygen atoms in total. The molecule has 5 heteroatoms. The number of hydrogen-bond donors (Lipinski definition) is 4. The molecule has 0 unspecified atom stereocenters. The largest absolute Gasteiger partial charge is 0.409 e. The fraction of sp³-hybridized carbons (Fsp3) is 0.562. The Bertz CT molecular complexity index is 494. The molecule has 0 aromatic heterocycles. The van der Waals surface area contributed by atoms with Crippen molar-refractivity contribution in [3.8, 4) is 0 Å².